The third kappa shape index (κ3) is 5.81. The molecule has 3 rings (SSSR count). The molecule has 2 heterocycles. The summed E-state index contributed by atoms with van der Waals surface area (Å²) in [5.41, 5.74) is -0.654. The van der Waals surface area contributed by atoms with E-state index in [9.17, 15) is 19.2 Å². The number of rotatable bonds is 7. The van der Waals surface area contributed by atoms with Crippen molar-refractivity contribution < 1.29 is 28.7 Å². The average Bonchev–Trinajstić information content (AvgIpc) is 2.85. The number of esters is 1. The molecule has 190 valence electrons. The summed E-state index contributed by atoms with van der Waals surface area (Å²) in [6, 6.07) is 9.27. The van der Waals surface area contributed by atoms with Crippen molar-refractivity contribution in [2.45, 2.75) is 58.7 Å². The highest BCUT2D eigenvalue weighted by Gasteiger charge is 2.56. The van der Waals surface area contributed by atoms with Crippen molar-refractivity contribution in [2.75, 3.05) is 25.5 Å². The molecule has 3 atom stereocenters. The number of hydrogen-bond donors (Lipinski definition) is 1. The number of amides is 2. The Morgan fingerprint density at radius 2 is 1.83 bits per heavy atom. The number of benzene rings is 1. The Morgan fingerprint density at radius 3 is 2.40 bits per heavy atom. The Hall–Kier alpha value is -3.00. The van der Waals surface area contributed by atoms with Gasteiger partial charge in [-0.1, -0.05) is 38.6 Å². The molecule has 0 unspecified atom stereocenters. The smallest absolute Gasteiger partial charge is 0.322 e. The molecule has 1 N–H and O–H groups in total. The van der Waals surface area contributed by atoms with Crippen LogP contribution in [0.5, 0.6) is 0 Å². The van der Waals surface area contributed by atoms with Gasteiger partial charge in [0.2, 0.25) is 11.8 Å². The minimum Gasteiger partial charge on any atom is -0.468 e. The number of likely N-dealkylation sites (tertiary alicyclic amines) is 1. The Balaban J connectivity index is 1.65. The Kier molecular flexibility index (Phi) is 8.48. The number of Topliss-reactive ketones (excluding diaryl/α,β-unsaturated/α-hetero) is 1. The van der Waals surface area contributed by atoms with Gasteiger partial charge in [-0.05, 0) is 44.2 Å². The number of ketones is 1. The molecule has 8 heteroatoms. The maximum Gasteiger partial charge on any atom is 0.322 e. The molecule has 0 radical (unpaired) electrons. The molecule has 0 bridgehead atoms. The van der Waals surface area contributed by atoms with Crippen molar-refractivity contribution in [1.82, 2.24) is 4.90 Å². The summed E-state index contributed by atoms with van der Waals surface area (Å²) in [6.45, 7) is 10.2. The van der Waals surface area contributed by atoms with E-state index >= 15 is 0 Å². The summed E-state index contributed by atoms with van der Waals surface area (Å²) in [6.07, 6.45) is 0.00845. The standard InChI is InChI=1S/C27H36N2O6/c1-17(2)15-21-18(3)24(31)27(4,26(33)34-5)22(35-21)16-23(30)29-13-11-19(12-14-29)25(32)28-20-9-7-6-8-10-20/h6-10,17,19,21-22H,3,11-16H2,1-2,4-5H3,(H,28,32)/t21-,22+,27+/m0/s1. The van der Waals surface area contributed by atoms with E-state index in [1.165, 1.54) is 14.0 Å². The number of piperidine rings is 1. The highest BCUT2D eigenvalue weighted by molar-refractivity contribution is 6.13. The molecular formula is C27H36N2O6. The molecule has 2 aliphatic heterocycles. The van der Waals surface area contributed by atoms with E-state index in [0.29, 0.717) is 32.4 Å². The van der Waals surface area contributed by atoms with Gasteiger partial charge >= 0.3 is 5.97 Å². The van der Waals surface area contributed by atoms with Crippen LogP contribution in [0.2, 0.25) is 0 Å². The average molecular weight is 485 g/mol. The number of carbonyl (C=O) groups excluding carboxylic acids is 4. The van der Waals surface area contributed by atoms with Crippen LogP contribution in [0.25, 0.3) is 0 Å². The summed E-state index contributed by atoms with van der Waals surface area (Å²) in [5, 5.41) is 2.92. The second-order valence-corrected chi connectivity index (χ2v) is 10.0. The number of anilines is 1. The van der Waals surface area contributed by atoms with Crippen molar-refractivity contribution >= 4 is 29.3 Å². The Bertz CT molecular complexity index is 967. The van der Waals surface area contributed by atoms with Crippen molar-refractivity contribution in [2.24, 2.45) is 17.3 Å². The lowest BCUT2D eigenvalue weighted by molar-refractivity contribution is -0.178. The fourth-order valence-electron chi connectivity index (χ4n) is 4.80. The minimum atomic E-state index is -1.64. The van der Waals surface area contributed by atoms with Crippen LogP contribution in [0.3, 0.4) is 0 Å². The van der Waals surface area contributed by atoms with Gasteiger partial charge in [0.05, 0.1) is 25.7 Å². The molecule has 0 aromatic heterocycles. The van der Waals surface area contributed by atoms with Crippen LogP contribution in [-0.2, 0) is 28.7 Å². The van der Waals surface area contributed by atoms with E-state index in [4.69, 9.17) is 9.47 Å². The number of nitrogens with zero attached hydrogens (tertiary/aromatic N) is 1. The SMILES string of the molecule is C=C1C(=O)[C@](C)(C(=O)OC)[C@@H](CC(=O)N2CCC(C(=O)Nc3ccccc3)CC2)O[C@H]1CC(C)C. The van der Waals surface area contributed by atoms with Crippen LogP contribution in [0.15, 0.2) is 42.5 Å². The normalized spacial score (nSPS) is 25.5. The molecule has 0 saturated carbocycles. The molecule has 2 saturated heterocycles. The summed E-state index contributed by atoms with van der Waals surface area (Å²) >= 11 is 0. The maximum atomic E-state index is 13.2. The first-order valence-electron chi connectivity index (χ1n) is 12.2. The fraction of sp³-hybridized carbons (Fsp3) is 0.556. The van der Waals surface area contributed by atoms with Gasteiger partial charge in [-0.2, -0.15) is 0 Å². The number of para-hydroxylation sites is 1. The van der Waals surface area contributed by atoms with Gasteiger partial charge in [0, 0.05) is 30.3 Å². The second kappa shape index (κ2) is 11.2. The zero-order valence-electron chi connectivity index (χ0n) is 21.0. The van der Waals surface area contributed by atoms with Gasteiger partial charge in [0.25, 0.3) is 0 Å². The topological polar surface area (TPSA) is 102 Å². The largest absolute Gasteiger partial charge is 0.468 e. The van der Waals surface area contributed by atoms with Crippen LogP contribution >= 0.6 is 0 Å². The molecule has 0 spiro atoms. The highest BCUT2D eigenvalue weighted by atomic mass is 16.5. The van der Waals surface area contributed by atoms with Crippen molar-refractivity contribution in [3.8, 4) is 0 Å². The Morgan fingerprint density at radius 1 is 1.20 bits per heavy atom. The molecule has 35 heavy (non-hydrogen) atoms. The predicted molar refractivity (Wildman–Crippen MR) is 131 cm³/mol. The van der Waals surface area contributed by atoms with Crippen LogP contribution in [-0.4, -0.2) is 60.9 Å². The number of hydrogen-bond acceptors (Lipinski definition) is 6. The monoisotopic (exact) mass is 484 g/mol. The van der Waals surface area contributed by atoms with Gasteiger partial charge in [-0.15, -0.1) is 0 Å². The van der Waals surface area contributed by atoms with Crippen LogP contribution in [0.1, 0.15) is 46.5 Å². The van der Waals surface area contributed by atoms with E-state index < -0.39 is 29.4 Å². The first-order valence-corrected chi connectivity index (χ1v) is 12.2. The zero-order valence-corrected chi connectivity index (χ0v) is 21.0. The molecule has 2 amide bonds. The summed E-state index contributed by atoms with van der Waals surface area (Å²) in [5.74, 6) is -1.39. The zero-order chi connectivity index (χ0) is 25.8. The molecule has 2 fully saturated rings. The molecular weight excluding hydrogens is 448 g/mol. The third-order valence-electron chi connectivity index (χ3n) is 7.04. The maximum absolute atomic E-state index is 13.2. The summed E-state index contributed by atoms with van der Waals surface area (Å²) < 4.78 is 11.1. The summed E-state index contributed by atoms with van der Waals surface area (Å²) in [4.78, 5) is 53.4. The van der Waals surface area contributed by atoms with Gasteiger partial charge in [-0.25, -0.2) is 0 Å². The van der Waals surface area contributed by atoms with Gasteiger partial charge < -0.3 is 19.7 Å². The first-order chi connectivity index (χ1) is 16.6. The lowest BCUT2D eigenvalue weighted by atomic mass is 9.71. The van der Waals surface area contributed by atoms with E-state index in [1.807, 2.05) is 44.2 Å². The highest BCUT2D eigenvalue weighted by Crippen LogP contribution is 2.40. The van der Waals surface area contributed by atoms with Crippen LogP contribution < -0.4 is 5.32 Å². The lowest BCUT2D eigenvalue weighted by Gasteiger charge is -2.43. The lowest BCUT2D eigenvalue weighted by Crippen LogP contribution is -2.57. The van der Waals surface area contributed by atoms with Crippen LogP contribution in [0, 0.1) is 17.3 Å². The molecule has 1 aromatic rings. The van der Waals surface area contributed by atoms with E-state index in [-0.39, 0.29) is 35.6 Å². The van der Waals surface area contributed by atoms with Gasteiger partial charge in [-0.3, -0.25) is 19.2 Å². The predicted octanol–water partition coefficient (Wildman–Crippen LogP) is 3.37. The van der Waals surface area contributed by atoms with Gasteiger partial charge in [0.15, 0.2) is 11.2 Å². The number of methoxy groups -OCH3 is 1. The fourth-order valence-corrected chi connectivity index (χ4v) is 4.80. The van der Waals surface area contributed by atoms with E-state index in [0.717, 1.165) is 5.69 Å². The number of carbonyl (C=O) groups is 4. The third-order valence-corrected chi connectivity index (χ3v) is 7.04. The number of nitrogens with one attached hydrogen (secondary N) is 1. The molecule has 2 aliphatic rings. The summed E-state index contributed by atoms with van der Waals surface area (Å²) in [7, 11) is 1.22. The second-order valence-electron chi connectivity index (χ2n) is 10.0. The van der Waals surface area contributed by atoms with Crippen LogP contribution in [0.4, 0.5) is 5.69 Å². The van der Waals surface area contributed by atoms with E-state index in [1.54, 1.807) is 4.90 Å². The van der Waals surface area contributed by atoms with E-state index in [2.05, 4.69) is 11.9 Å². The first kappa shape index (κ1) is 26.6. The molecule has 1 aromatic carbocycles. The molecule has 0 aliphatic carbocycles. The van der Waals surface area contributed by atoms with Crippen molar-refractivity contribution in [3.63, 3.8) is 0 Å². The van der Waals surface area contributed by atoms with Gasteiger partial charge in [0.1, 0.15) is 0 Å². The minimum absolute atomic E-state index is 0.0576. The van der Waals surface area contributed by atoms with Crippen molar-refractivity contribution in [1.29, 1.82) is 0 Å². The molecule has 8 nitrogen and oxygen atoms in total. The Labute approximate surface area is 207 Å². The number of ether oxygens (including phenoxy) is 2. The quantitative estimate of drug-likeness (QED) is 0.362. The van der Waals surface area contributed by atoms with Crippen molar-refractivity contribution in [3.05, 3.63) is 42.5 Å².